The van der Waals surface area contributed by atoms with Crippen LogP contribution in [0.25, 0.3) is 0 Å². The molecular formula is C13H20N4O2. The second-order valence-electron chi connectivity index (χ2n) is 5.31. The molecule has 6 nitrogen and oxygen atoms in total. The van der Waals surface area contributed by atoms with Crippen molar-refractivity contribution < 1.29 is 9.32 Å². The van der Waals surface area contributed by atoms with Crippen molar-refractivity contribution >= 4 is 5.91 Å². The normalized spacial score (nSPS) is 24.9. The van der Waals surface area contributed by atoms with E-state index in [1.165, 1.54) is 6.42 Å². The van der Waals surface area contributed by atoms with Gasteiger partial charge in [0.2, 0.25) is 5.76 Å². The highest BCUT2D eigenvalue weighted by atomic mass is 16.5. The van der Waals surface area contributed by atoms with Gasteiger partial charge in [-0.15, -0.1) is 0 Å². The lowest BCUT2D eigenvalue weighted by Gasteiger charge is -2.37. The third kappa shape index (κ3) is 2.64. The Kier molecular flexibility index (Phi) is 3.52. The molecule has 104 valence electrons. The van der Waals surface area contributed by atoms with Crippen LogP contribution in [0.4, 0.5) is 0 Å². The smallest absolute Gasteiger partial charge is 0.292 e. The Bertz CT molecular complexity index is 445. The Labute approximate surface area is 112 Å². The number of carbonyl (C=O) groups excluding carboxylic acids is 1. The van der Waals surface area contributed by atoms with Crippen molar-refractivity contribution in [2.24, 2.45) is 0 Å². The van der Waals surface area contributed by atoms with E-state index in [0.29, 0.717) is 11.8 Å². The number of piperazine rings is 1. The van der Waals surface area contributed by atoms with Crippen LogP contribution in [0.3, 0.4) is 0 Å². The summed E-state index contributed by atoms with van der Waals surface area (Å²) in [4.78, 5) is 16.5. The van der Waals surface area contributed by atoms with Gasteiger partial charge in [-0.3, -0.25) is 9.69 Å². The fourth-order valence-corrected chi connectivity index (χ4v) is 2.86. The molecule has 0 bridgehead atoms. The highest BCUT2D eigenvalue weighted by Crippen LogP contribution is 2.14. The zero-order valence-electron chi connectivity index (χ0n) is 11.3. The summed E-state index contributed by atoms with van der Waals surface area (Å²) in [5.74, 6) is 0.318. The molecule has 2 aliphatic rings. The summed E-state index contributed by atoms with van der Waals surface area (Å²) in [6, 6.07) is 2.35. The lowest BCUT2D eigenvalue weighted by Crippen LogP contribution is -2.52. The molecule has 1 aromatic rings. The van der Waals surface area contributed by atoms with Crippen LogP contribution >= 0.6 is 0 Å². The summed E-state index contributed by atoms with van der Waals surface area (Å²) in [5, 5.41) is 7.16. The third-order valence-electron chi connectivity index (χ3n) is 3.99. The summed E-state index contributed by atoms with van der Waals surface area (Å²) in [5.41, 5.74) is 0.749. The van der Waals surface area contributed by atoms with E-state index in [0.717, 1.165) is 45.0 Å². The number of hydrogen-bond acceptors (Lipinski definition) is 5. The van der Waals surface area contributed by atoms with Gasteiger partial charge < -0.3 is 14.7 Å². The Morgan fingerprint density at radius 2 is 2.21 bits per heavy atom. The molecule has 1 atom stereocenters. The highest BCUT2D eigenvalue weighted by molar-refractivity contribution is 5.91. The Morgan fingerprint density at radius 3 is 2.79 bits per heavy atom. The van der Waals surface area contributed by atoms with E-state index in [2.05, 4.69) is 15.4 Å². The van der Waals surface area contributed by atoms with Crippen molar-refractivity contribution in [3.05, 3.63) is 17.5 Å². The minimum atomic E-state index is -0.0372. The monoisotopic (exact) mass is 264 g/mol. The van der Waals surface area contributed by atoms with Gasteiger partial charge >= 0.3 is 0 Å². The fourth-order valence-electron chi connectivity index (χ4n) is 2.86. The number of aryl methyl sites for hydroxylation is 1. The molecule has 1 N–H and O–H groups in total. The van der Waals surface area contributed by atoms with E-state index in [-0.39, 0.29) is 5.91 Å². The molecule has 0 aliphatic carbocycles. The van der Waals surface area contributed by atoms with Gasteiger partial charge in [-0.2, -0.15) is 0 Å². The van der Waals surface area contributed by atoms with Gasteiger partial charge in [0.15, 0.2) is 0 Å². The molecule has 0 spiro atoms. The lowest BCUT2D eigenvalue weighted by atomic mass is 10.2. The Balaban J connectivity index is 1.56. The van der Waals surface area contributed by atoms with E-state index < -0.39 is 0 Å². The molecule has 3 rings (SSSR count). The maximum absolute atomic E-state index is 12.2. The maximum Gasteiger partial charge on any atom is 0.292 e. The van der Waals surface area contributed by atoms with E-state index >= 15 is 0 Å². The van der Waals surface area contributed by atoms with Gasteiger partial charge in [-0.25, -0.2) is 0 Å². The predicted octanol–water partition coefficient (Wildman–Crippen LogP) is 0.103. The van der Waals surface area contributed by atoms with Crippen molar-refractivity contribution in [2.45, 2.75) is 19.4 Å². The first-order valence-corrected chi connectivity index (χ1v) is 6.91. The van der Waals surface area contributed by atoms with Crippen LogP contribution in [0.2, 0.25) is 0 Å². The standard InChI is InChI=1S/C13H20N4O2/c1-10-8-12(19-15-10)13(18)17-6-4-16(5-7-17)11-2-3-14-9-11/h8,11,14H,2-7,9H2,1H3. The second kappa shape index (κ2) is 5.30. The van der Waals surface area contributed by atoms with E-state index in [1.54, 1.807) is 6.07 Å². The zero-order valence-corrected chi connectivity index (χ0v) is 11.3. The Hall–Kier alpha value is -1.40. The number of nitrogens with one attached hydrogen (secondary N) is 1. The van der Waals surface area contributed by atoms with Gasteiger partial charge in [0, 0.05) is 44.8 Å². The number of aromatic nitrogens is 1. The molecule has 19 heavy (non-hydrogen) atoms. The average molecular weight is 264 g/mol. The molecule has 0 saturated carbocycles. The number of hydrogen-bond donors (Lipinski definition) is 1. The SMILES string of the molecule is Cc1cc(C(=O)N2CCN(C3CCNC3)CC2)on1. The van der Waals surface area contributed by atoms with Gasteiger partial charge in [-0.1, -0.05) is 5.16 Å². The van der Waals surface area contributed by atoms with E-state index in [4.69, 9.17) is 4.52 Å². The largest absolute Gasteiger partial charge is 0.351 e. The molecule has 6 heteroatoms. The van der Waals surface area contributed by atoms with E-state index in [9.17, 15) is 4.79 Å². The molecule has 0 radical (unpaired) electrons. The topological polar surface area (TPSA) is 61.6 Å². The third-order valence-corrected chi connectivity index (χ3v) is 3.99. The molecular weight excluding hydrogens is 244 g/mol. The van der Waals surface area contributed by atoms with Crippen LogP contribution in [0, 0.1) is 6.92 Å². The van der Waals surface area contributed by atoms with Crippen molar-refractivity contribution in [2.75, 3.05) is 39.3 Å². The summed E-state index contributed by atoms with van der Waals surface area (Å²) in [6.07, 6.45) is 1.22. The molecule has 1 amide bonds. The van der Waals surface area contributed by atoms with Crippen molar-refractivity contribution in [3.63, 3.8) is 0 Å². The molecule has 1 aromatic heterocycles. The van der Waals surface area contributed by atoms with Crippen LogP contribution in [0.15, 0.2) is 10.6 Å². The Morgan fingerprint density at radius 1 is 1.42 bits per heavy atom. The van der Waals surface area contributed by atoms with Crippen molar-refractivity contribution in [1.82, 2.24) is 20.3 Å². The van der Waals surface area contributed by atoms with Gasteiger partial charge in [0.05, 0.1) is 5.69 Å². The van der Waals surface area contributed by atoms with Crippen LogP contribution in [0.5, 0.6) is 0 Å². The van der Waals surface area contributed by atoms with Gasteiger partial charge in [0.1, 0.15) is 0 Å². The second-order valence-corrected chi connectivity index (χ2v) is 5.31. The molecule has 2 fully saturated rings. The van der Waals surface area contributed by atoms with Crippen LogP contribution in [0.1, 0.15) is 22.7 Å². The highest BCUT2D eigenvalue weighted by Gasteiger charge is 2.29. The quantitative estimate of drug-likeness (QED) is 0.821. The molecule has 2 aliphatic heterocycles. The predicted molar refractivity (Wildman–Crippen MR) is 70.0 cm³/mol. The summed E-state index contributed by atoms with van der Waals surface area (Å²) >= 11 is 0. The molecule has 3 heterocycles. The molecule has 0 aromatic carbocycles. The zero-order chi connectivity index (χ0) is 13.2. The summed E-state index contributed by atoms with van der Waals surface area (Å²) in [6.45, 7) is 7.46. The fraction of sp³-hybridized carbons (Fsp3) is 0.692. The number of amides is 1. The first-order valence-electron chi connectivity index (χ1n) is 6.91. The van der Waals surface area contributed by atoms with Gasteiger partial charge in [-0.05, 0) is 19.9 Å². The van der Waals surface area contributed by atoms with Crippen LogP contribution in [-0.2, 0) is 0 Å². The minimum Gasteiger partial charge on any atom is -0.351 e. The first-order chi connectivity index (χ1) is 9.24. The van der Waals surface area contributed by atoms with Crippen molar-refractivity contribution in [3.8, 4) is 0 Å². The number of carbonyl (C=O) groups is 1. The van der Waals surface area contributed by atoms with E-state index in [1.807, 2.05) is 11.8 Å². The van der Waals surface area contributed by atoms with Gasteiger partial charge in [0.25, 0.3) is 5.91 Å². The summed E-state index contributed by atoms with van der Waals surface area (Å²) in [7, 11) is 0. The average Bonchev–Trinajstić information content (AvgIpc) is 3.09. The van der Waals surface area contributed by atoms with Crippen LogP contribution < -0.4 is 5.32 Å². The number of rotatable bonds is 2. The minimum absolute atomic E-state index is 0.0372. The van der Waals surface area contributed by atoms with Crippen LogP contribution in [-0.4, -0.2) is 66.2 Å². The van der Waals surface area contributed by atoms with Crippen molar-refractivity contribution in [1.29, 1.82) is 0 Å². The lowest BCUT2D eigenvalue weighted by molar-refractivity contribution is 0.0546. The number of nitrogens with zero attached hydrogens (tertiary/aromatic N) is 3. The molecule has 2 saturated heterocycles. The summed E-state index contributed by atoms with van der Waals surface area (Å²) < 4.78 is 5.04. The maximum atomic E-state index is 12.2. The first kappa shape index (κ1) is 12.6. The molecule has 1 unspecified atom stereocenters.